The minimum absolute atomic E-state index is 0. The second-order valence-corrected chi connectivity index (χ2v) is 9.80. The van der Waals surface area contributed by atoms with Crippen molar-refractivity contribution in [3.8, 4) is 11.5 Å². The zero-order chi connectivity index (χ0) is 22.2. The molecule has 1 rings (SSSR count). The van der Waals surface area contributed by atoms with Gasteiger partial charge in [-0.15, -0.1) is 0 Å². The minimum atomic E-state index is -4.78. The molecule has 174 valence electrons. The molecule has 0 saturated carbocycles. The van der Waals surface area contributed by atoms with Crippen LogP contribution < -0.4 is 29.6 Å². The Hall–Kier alpha value is -0.270. The van der Waals surface area contributed by atoms with E-state index in [9.17, 15) is 23.2 Å². The van der Waals surface area contributed by atoms with Crippen molar-refractivity contribution < 1.29 is 52.7 Å². The van der Waals surface area contributed by atoms with Crippen LogP contribution >= 0.6 is 0 Å². The van der Waals surface area contributed by atoms with E-state index in [-0.39, 0.29) is 35.3 Å². The summed E-state index contributed by atoms with van der Waals surface area (Å²) in [6, 6.07) is 2.03. The first-order chi connectivity index (χ1) is 14.4. The SMILES string of the molecule is CCCCCCCCCCCCCCCCCCc1cc(O)c(S(=O)(=O)[O-])cc1O.[Na+]. The standard InChI is InChI=1S/C24H42O5S.Na/c1-2-3-4-5-6-7-8-9-10-11-12-13-14-15-16-17-18-21-19-23(26)24(20-22(21)25)30(27,28)29;/h19-20,25-26H,2-18H2,1H3,(H,27,28,29);/q;+1/p-1. The normalized spacial score (nSPS) is 11.4. The van der Waals surface area contributed by atoms with Crippen LogP contribution in [0.4, 0.5) is 0 Å². The van der Waals surface area contributed by atoms with Crippen LogP contribution in [0.3, 0.4) is 0 Å². The molecule has 5 nitrogen and oxygen atoms in total. The first-order valence-electron chi connectivity index (χ1n) is 11.9. The minimum Gasteiger partial charge on any atom is -0.744 e. The van der Waals surface area contributed by atoms with Crippen LogP contribution in [0.5, 0.6) is 11.5 Å². The van der Waals surface area contributed by atoms with Gasteiger partial charge in [-0.05, 0) is 24.5 Å². The Morgan fingerprint density at radius 2 is 1.06 bits per heavy atom. The molecule has 0 aromatic heterocycles. The molecule has 2 N–H and O–H groups in total. The van der Waals surface area contributed by atoms with Gasteiger partial charge in [0.1, 0.15) is 21.6 Å². The van der Waals surface area contributed by atoms with Gasteiger partial charge >= 0.3 is 29.6 Å². The van der Waals surface area contributed by atoms with E-state index in [1.165, 1.54) is 89.5 Å². The Balaban J connectivity index is 0.00000900. The first kappa shape index (κ1) is 30.7. The third-order valence-electron chi connectivity index (χ3n) is 5.73. The van der Waals surface area contributed by atoms with Gasteiger partial charge in [0.05, 0.1) is 4.90 Å². The number of phenols is 2. The van der Waals surface area contributed by atoms with Crippen molar-refractivity contribution in [1.29, 1.82) is 0 Å². The zero-order valence-corrected chi connectivity index (χ0v) is 22.5. The van der Waals surface area contributed by atoms with Crippen molar-refractivity contribution in [2.75, 3.05) is 0 Å². The van der Waals surface area contributed by atoms with Crippen molar-refractivity contribution >= 4 is 10.1 Å². The zero-order valence-electron chi connectivity index (χ0n) is 19.7. The number of aromatic hydroxyl groups is 2. The summed E-state index contributed by atoms with van der Waals surface area (Å²) < 4.78 is 33.0. The molecule has 0 aliphatic heterocycles. The maximum atomic E-state index is 11.0. The van der Waals surface area contributed by atoms with Gasteiger partial charge in [-0.3, -0.25) is 0 Å². The van der Waals surface area contributed by atoms with E-state index < -0.39 is 20.8 Å². The third kappa shape index (κ3) is 14.5. The van der Waals surface area contributed by atoms with Gasteiger partial charge in [0.25, 0.3) is 0 Å². The molecule has 0 heterocycles. The number of rotatable bonds is 18. The molecular formula is C24H41NaO5S. The molecule has 0 bridgehead atoms. The van der Waals surface area contributed by atoms with Gasteiger partial charge in [-0.1, -0.05) is 103 Å². The van der Waals surface area contributed by atoms with E-state index in [4.69, 9.17) is 0 Å². The van der Waals surface area contributed by atoms with E-state index in [1.54, 1.807) is 0 Å². The predicted molar refractivity (Wildman–Crippen MR) is 121 cm³/mol. The molecule has 0 fully saturated rings. The van der Waals surface area contributed by atoms with Gasteiger partial charge in [-0.2, -0.15) is 0 Å². The van der Waals surface area contributed by atoms with Gasteiger partial charge in [0, 0.05) is 6.07 Å². The number of benzene rings is 1. The molecule has 0 saturated heterocycles. The number of aryl methyl sites for hydroxylation is 1. The largest absolute Gasteiger partial charge is 1.00 e. The molecular weight excluding hydrogens is 423 g/mol. The van der Waals surface area contributed by atoms with Crippen molar-refractivity contribution in [1.82, 2.24) is 0 Å². The van der Waals surface area contributed by atoms with Crippen LogP contribution in [0.2, 0.25) is 0 Å². The third-order valence-corrected chi connectivity index (χ3v) is 6.59. The summed E-state index contributed by atoms with van der Waals surface area (Å²) in [4.78, 5) is -0.768. The summed E-state index contributed by atoms with van der Waals surface area (Å²) in [7, 11) is -4.78. The van der Waals surface area contributed by atoms with E-state index in [1.807, 2.05) is 0 Å². The Kier molecular flexibility index (Phi) is 18.0. The van der Waals surface area contributed by atoms with Crippen LogP contribution in [0, 0.1) is 0 Å². The fourth-order valence-electron chi connectivity index (χ4n) is 3.86. The van der Waals surface area contributed by atoms with Crippen LogP contribution in [0.15, 0.2) is 17.0 Å². The Morgan fingerprint density at radius 3 is 1.45 bits per heavy atom. The quantitative estimate of drug-likeness (QED) is 0.149. The maximum Gasteiger partial charge on any atom is 1.00 e. The van der Waals surface area contributed by atoms with Gasteiger partial charge in [0.2, 0.25) is 0 Å². The van der Waals surface area contributed by atoms with Crippen LogP contribution in [0.25, 0.3) is 0 Å². The summed E-state index contributed by atoms with van der Waals surface area (Å²) >= 11 is 0. The number of hydrogen-bond donors (Lipinski definition) is 2. The van der Waals surface area contributed by atoms with Crippen LogP contribution in [-0.4, -0.2) is 23.2 Å². The van der Waals surface area contributed by atoms with E-state index >= 15 is 0 Å². The Morgan fingerprint density at radius 1 is 0.677 bits per heavy atom. The van der Waals surface area contributed by atoms with E-state index in [0.29, 0.717) is 12.0 Å². The molecule has 0 spiro atoms. The fraction of sp³-hybridized carbons (Fsp3) is 0.750. The first-order valence-corrected chi connectivity index (χ1v) is 13.3. The molecule has 0 aliphatic carbocycles. The molecule has 0 radical (unpaired) electrons. The van der Waals surface area contributed by atoms with Crippen molar-refractivity contribution in [2.45, 2.75) is 121 Å². The average molecular weight is 465 g/mol. The van der Waals surface area contributed by atoms with E-state index in [0.717, 1.165) is 25.3 Å². The van der Waals surface area contributed by atoms with Crippen molar-refractivity contribution in [2.24, 2.45) is 0 Å². The van der Waals surface area contributed by atoms with Gasteiger partial charge in [-0.25, -0.2) is 8.42 Å². The molecule has 1 aromatic rings. The summed E-state index contributed by atoms with van der Waals surface area (Å²) in [5.74, 6) is -0.836. The maximum absolute atomic E-state index is 11.0. The molecule has 0 atom stereocenters. The van der Waals surface area contributed by atoms with Crippen molar-refractivity contribution in [3.05, 3.63) is 17.7 Å². The predicted octanol–water partition coefficient (Wildman–Crippen LogP) is 3.81. The number of unbranched alkanes of at least 4 members (excludes halogenated alkanes) is 15. The number of phenolic OH excluding ortho intramolecular Hbond substituents is 2. The Labute approximate surface area is 212 Å². The average Bonchev–Trinajstić information content (AvgIpc) is 2.69. The molecule has 31 heavy (non-hydrogen) atoms. The number of hydrogen-bond acceptors (Lipinski definition) is 5. The summed E-state index contributed by atoms with van der Waals surface area (Å²) in [5.41, 5.74) is 0.477. The summed E-state index contributed by atoms with van der Waals surface area (Å²) in [6.45, 7) is 2.26. The topological polar surface area (TPSA) is 97.7 Å². The van der Waals surface area contributed by atoms with Gasteiger partial charge in [0.15, 0.2) is 0 Å². The van der Waals surface area contributed by atoms with Crippen LogP contribution in [0.1, 0.15) is 115 Å². The fourth-order valence-corrected chi connectivity index (χ4v) is 4.44. The molecule has 0 aliphatic rings. The summed E-state index contributed by atoms with van der Waals surface area (Å²) in [5, 5.41) is 19.6. The smallest absolute Gasteiger partial charge is 0.744 e. The van der Waals surface area contributed by atoms with Crippen molar-refractivity contribution in [3.63, 3.8) is 0 Å². The second-order valence-electron chi connectivity index (χ2n) is 8.46. The second kappa shape index (κ2) is 18.2. The molecule has 0 unspecified atom stereocenters. The molecule has 1 aromatic carbocycles. The monoisotopic (exact) mass is 464 g/mol. The van der Waals surface area contributed by atoms with E-state index in [2.05, 4.69) is 6.92 Å². The molecule has 0 amide bonds. The summed E-state index contributed by atoms with van der Waals surface area (Å²) in [6.07, 6.45) is 21.1. The van der Waals surface area contributed by atoms with Crippen LogP contribution in [-0.2, 0) is 16.5 Å². The molecule has 7 heteroatoms. The van der Waals surface area contributed by atoms with Gasteiger partial charge < -0.3 is 14.8 Å². The Bertz CT molecular complexity index is 691.